The van der Waals surface area contributed by atoms with Crippen LogP contribution >= 0.6 is 0 Å². The highest BCUT2D eigenvalue weighted by Crippen LogP contribution is 2.27. The Morgan fingerprint density at radius 3 is 2.50 bits per heavy atom. The molecule has 142 valence electrons. The summed E-state index contributed by atoms with van der Waals surface area (Å²) in [5, 5.41) is 28.1. The third-order valence-corrected chi connectivity index (χ3v) is 3.31. The Kier molecular flexibility index (Phi) is 5.93. The molecule has 1 aliphatic heterocycles. The number of hydrogen-bond donors (Lipinski definition) is 6. The normalized spacial score (nSPS) is 24.8. The van der Waals surface area contributed by atoms with Crippen LogP contribution in [0.4, 0.5) is 10.3 Å². The molecule has 0 aromatic carbocycles. The molecule has 2 aromatic rings. The first-order valence-electron chi connectivity index (χ1n) is 7.05. The van der Waals surface area contributed by atoms with Crippen molar-refractivity contribution in [3.63, 3.8) is 0 Å². The lowest BCUT2D eigenvalue weighted by Crippen LogP contribution is -2.36. The van der Waals surface area contributed by atoms with Gasteiger partial charge < -0.3 is 30.8 Å². The van der Waals surface area contributed by atoms with Crippen molar-refractivity contribution in [2.24, 2.45) is 0 Å². The van der Waals surface area contributed by atoms with Gasteiger partial charge in [0.2, 0.25) is 11.8 Å². The maximum atomic E-state index is 12.0. The number of nitrogens with one attached hydrogen (secondary N) is 2. The molecule has 0 unspecified atom stereocenters. The van der Waals surface area contributed by atoms with E-state index in [4.69, 9.17) is 15.6 Å². The van der Waals surface area contributed by atoms with E-state index in [1.807, 2.05) is 4.98 Å². The molecule has 0 spiro atoms. The summed E-state index contributed by atoms with van der Waals surface area (Å²) < 4.78 is 18.0. The van der Waals surface area contributed by atoms with E-state index in [1.54, 1.807) is 4.98 Å². The Balaban J connectivity index is 0.000000228. The Bertz CT molecular complexity index is 927. The van der Waals surface area contributed by atoms with E-state index in [9.17, 15) is 29.0 Å². The summed E-state index contributed by atoms with van der Waals surface area (Å²) >= 11 is 0. The van der Waals surface area contributed by atoms with Crippen molar-refractivity contribution in [2.45, 2.75) is 24.5 Å². The molecule has 26 heavy (non-hydrogen) atoms. The quantitative estimate of drug-likeness (QED) is 0.300. The van der Waals surface area contributed by atoms with Crippen LogP contribution in [0.3, 0.4) is 0 Å². The summed E-state index contributed by atoms with van der Waals surface area (Å²) in [4.78, 5) is 42.4. The molecule has 4 atom stereocenters. The minimum atomic E-state index is -1.35. The fraction of sp³-hybridized carbons (Fsp3) is 0.417. The van der Waals surface area contributed by atoms with E-state index in [-0.39, 0.29) is 5.95 Å². The molecule has 1 aliphatic rings. The third kappa shape index (κ3) is 4.17. The number of hydrogen-bond acceptors (Lipinski definition) is 10. The molecule has 0 bridgehead atoms. The predicted molar refractivity (Wildman–Crippen MR) is 81.4 cm³/mol. The number of aliphatic hydroxyl groups excluding tert-OH is 3. The molecule has 1 saturated heterocycles. The van der Waals surface area contributed by atoms with E-state index in [1.165, 1.54) is 0 Å². The highest BCUT2D eigenvalue weighted by molar-refractivity contribution is 5.10. The number of nitrogens with zero attached hydrogens (tertiary/aromatic N) is 3. The van der Waals surface area contributed by atoms with Crippen LogP contribution in [0.2, 0.25) is 0 Å². The third-order valence-electron chi connectivity index (χ3n) is 3.31. The Morgan fingerprint density at radius 1 is 1.31 bits per heavy atom. The van der Waals surface area contributed by atoms with Crippen LogP contribution in [0.15, 0.2) is 26.9 Å². The number of aliphatic hydroxyl groups is 3. The Hall–Kier alpha value is -2.94. The highest BCUT2D eigenvalue weighted by atomic mass is 19.1. The van der Waals surface area contributed by atoms with Gasteiger partial charge in [-0.05, 0) is 0 Å². The van der Waals surface area contributed by atoms with Gasteiger partial charge in [-0.1, -0.05) is 0 Å². The summed E-state index contributed by atoms with van der Waals surface area (Å²) in [6.45, 7) is -0.473. The van der Waals surface area contributed by atoms with Crippen molar-refractivity contribution in [3.05, 3.63) is 49.7 Å². The molecule has 7 N–H and O–H groups in total. The van der Waals surface area contributed by atoms with Crippen LogP contribution in [0.1, 0.15) is 6.23 Å². The van der Waals surface area contributed by atoms with Crippen molar-refractivity contribution in [1.82, 2.24) is 24.5 Å². The van der Waals surface area contributed by atoms with Crippen LogP contribution < -0.4 is 22.7 Å². The maximum absolute atomic E-state index is 12.0. The van der Waals surface area contributed by atoms with Gasteiger partial charge in [0, 0.05) is 6.20 Å². The molecule has 0 amide bonds. The van der Waals surface area contributed by atoms with E-state index < -0.39 is 53.9 Å². The van der Waals surface area contributed by atoms with Crippen LogP contribution in [0, 0.1) is 5.82 Å². The van der Waals surface area contributed by atoms with Crippen LogP contribution in [0.5, 0.6) is 0 Å². The maximum Gasteiger partial charge on any atom is 0.354 e. The molecular formula is C12H15FN6O7. The number of aromatic amines is 2. The van der Waals surface area contributed by atoms with Gasteiger partial charge in [0.25, 0.3) is 5.56 Å². The minimum absolute atomic E-state index is 0.196. The topological polar surface area (TPSA) is 209 Å². The van der Waals surface area contributed by atoms with Crippen molar-refractivity contribution >= 4 is 5.95 Å². The summed E-state index contributed by atoms with van der Waals surface area (Å²) in [7, 11) is 0. The van der Waals surface area contributed by atoms with E-state index >= 15 is 0 Å². The standard InChI is InChI=1S/C8H12N4O5.C4H3FN2O2/c9-7-10-2-12(8(16)11-7)6-5(15)4(14)3(1-13)17-6;5-2-1-6-4(9)7-3(2)8/h2-6,13-15H,1H2,(H2,9,11,16);1H,(H2,6,7,8,9)/t3-,4-,5-,6-;/m1./s1. The molecule has 3 rings (SSSR count). The summed E-state index contributed by atoms with van der Waals surface area (Å²) in [6, 6.07) is 0. The van der Waals surface area contributed by atoms with Gasteiger partial charge in [0.05, 0.1) is 6.61 Å². The number of halogens is 1. The molecule has 0 saturated carbocycles. The SMILES string of the molecule is Nc1ncn([C@@H]2O[C@H](CO)[C@@H](O)[C@H]2O)c(=O)n1.O=c1[nH]cc(F)c(=O)[nH]1. The number of H-pyrrole nitrogens is 2. The first kappa shape index (κ1) is 19.4. The zero-order valence-corrected chi connectivity index (χ0v) is 12.9. The predicted octanol–water partition coefficient (Wildman–Crippen LogP) is -3.97. The summed E-state index contributed by atoms with van der Waals surface area (Å²) in [5.41, 5.74) is 2.75. The number of aromatic nitrogens is 5. The first-order chi connectivity index (χ1) is 12.2. The minimum Gasteiger partial charge on any atom is -0.394 e. The number of rotatable bonds is 2. The molecule has 14 heteroatoms. The van der Waals surface area contributed by atoms with E-state index in [0.29, 0.717) is 6.20 Å². The molecule has 2 aromatic heterocycles. The Labute approximate surface area is 142 Å². The largest absolute Gasteiger partial charge is 0.394 e. The summed E-state index contributed by atoms with van der Waals surface area (Å²) in [6.07, 6.45) is -2.96. The molecular weight excluding hydrogens is 359 g/mol. The number of nitrogen functional groups attached to an aromatic ring is 1. The molecule has 1 fully saturated rings. The first-order valence-corrected chi connectivity index (χ1v) is 7.05. The van der Waals surface area contributed by atoms with Gasteiger partial charge in [-0.2, -0.15) is 9.37 Å². The van der Waals surface area contributed by atoms with Crippen LogP contribution in [-0.2, 0) is 4.74 Å². The van der Waals surface area contributed by atoms with Gasteiger partial charge in [0.1, 0.15) is 24.6 Å². The lowest BCUT2D eigenvalue weighted by atomic mass is 10.1. The second-order valence-electron chi connectivity index (χ2n) is 5.05. The van der Waals surface area contributed by atoms with Crippen molar-refractivity contribution < 1.29 is 24.4 Å². The lowest BCUT2D eigenvalue weighted by molar-refractivity contribution is -0.0554. The summed E-state index contributed by atoms with van der Waals surface area (Å²) in [5.74, 6) is -1.19. The molecule has 3 heterocycles. The molecule has 0 radical (unpaired) electrons. The van der Waals surface area contributed by atoms with Crippen LogP contribution in [0.25, 0.3) is 0 Å². The van der Waals surface area contributed by atoms with Gasteiger partial charge in [-0.15, -0.1) is 0 Å². The second-order valence-corrected chi connectivity index (χ2v) is 5.05. The number of nitrogens with two attached hydrogens (primary N) is 1. The number of anilines is 1. The fourth-order valence-electron chi connectivity index (χ4n) is 2.03. The zero-order chi connectivity index (χ0) is 19.4. The van der Waals surface area contributed by atoms with E-state index in [0.717, 1.165) is 10.9 Å². The number of ether oxygens (including phenoxy) is 1. The smallest absolute Gasteiger partial charge is 0.354 e. The zero-order valence-electron chi connectivity index (χ0n) is 12.9. The fourth-order valence-corrected chi connectivity index (χ4v) is 2.03. The van der Waals surface area contributed by atoms with Gasteiger partial charge in [-0.25, -0.2) is 14.6 Å². The lowest BCUT2D eigenvalue weighted by Gasteiger charge is -2.16. The monoisotopic (exact) mass is 374 g/mol. The highest BCUT2D eigenvalue weighted by Gasteiger charge is 2.43. The van der Waals surface area contributed by atoms with Crippen molar-refractivity contribution in [2.75, 3.05) is 12.3 Å². The van der Waals surface area contributed by atoms with Gasteiger partial charge in [-0.3, -0.25) is 14.3 Å². The van der Waals surface area contributed by atoms with Crippen molar-refractivity contribution in [3.8, 4) is 0 Å². The van der Waals surface area contributed by atoms with Crippen LogP contribution in [-0.4, -0.2) is 64.7 Å². The molecule has 13 nitrogen and oxygen atoms in total. The Morgan fingerprint density at radius 2 is 2.00 bits per heavy atom. The average Bonchev–Trinajstić information content (AvgIpc) is 2.87. The molecule has 0 aliphatic carbocycles. The second kappa shape index (κ2) is 7.96. The average molecular weight is 374 g/mol. The van der Waals surface area contributed by atoms with Gasteiger partial charge >= 0.3 is 11.4 Å². The van der Waals surface area contributed by atoms with Crippen molar-refractivity contribution in [1.29, 1.82) is 0 Å². The van der Waals surface area contributed by atoms with E-state index in [2.05, 4.69) is 9.97 Å². The van der Waals surface area contributed by atoms with Gasteiger partial charge in [0.15, 0.2) is 6.23 Å².